The summed E-state index contributed by atoms with van der Waals surface area (Å²) >= 11 is 3.48. The zero-order valence-electron chi connectivity index (χ0n) is 12.4. The van der Waals surface area contributed by atoms with Gasteiger partial charge < -0.3 is 10.2 Å². The van der Waals surface area contributed by atoms with Crippen LogP contribution in [0.1, 0.15) is 42.6 Å². The summed E-state index contributed by atoms with van der Waals surface area (Å²) < 4.78 is 0.969. The van der Waals surface area contributed by atoms with E-state index in [1.807, 2.05) is 30.0 Å². The lowest BCUT2D eigenvalue weighted by atomic mass is 10.0. The minimum Gasteiger partial charge on any atom is -0.333 e. The van der Waals surface area contributed by atoms with Crippen LogP contribution in [0.2, 0.25) is 0 Å². The molecule has 4 heteroatoms. The van der Waals surface area contributed by atoms with Gasteiger partial charge in [-0.1, -0.05) is 29.8 Å². The summed E-state index contributed by atoms with van der Waals surface area (Å²) in [7, 11) is 0. The van der Waals surface area contributed by atoms with Crippen molar-refractivity contribution in [2.45, 2.75) is 45.7 Å². The number of amides is 1. The van der Waals surface area contributed by atoms with Crippen LogP contribution in [-0.2, 0) is 0 Å². The third kappa shape index (κ3) is 3.41. The van der Waals surface area contributed by atoms with Crippen molar-refractivity contribution in [1.82, 2.24) is 10.2 Å². The number of carbonyl (C=O) groups excluding carboxylic acids is 1. The summed E-state index contributed by atoms with van der Waals surface area (Å²) in [5.74, 6) is 0.154. The summed E-state index contributed by atoms with van der Waals surface area (Å²) in [6.07, 6.45) is 2.04. The van der Waals surface area contributed by atoms with Crippen LogP contribution in [0, 0.1) is 6.92 Å². The van der Waals surface area contributed by atoms with Gasteiger partial charge in [0.1, 0.15) is 0 Å². The Labute approximate surface area is 129 Å². The van der Waals surface area contributed by atoms with Gasteiger partial charge in [-0.05, 0) is 43.5 Å². The number of hydrogen-bond acceptors (Lipinski definition) is 2. The molecule has 3 nitrogen and oxygen atoms in total. The third-order valence-electron chi connectivity index (χ3n) is 4.01. The molecule has 1 fully saturated rings. The van der Waals surface area contributed by atoms with Crippen LogP contribution in [0.4, 0.5) is 0 Å². The van der Waals surface area contributed by atoms with E-state index in [0.717, 1.165) is 41.5 Å². The molecule has 1 N–H and O–H groups in total. The molecule has 1 aromatic carbocycles. The number of piperazine rings is 1. The molecule has 1 saturated heterocycles. The number of halogens is 1. The first-order chi connectivity index (χ1) is 9.55. The second kappa shape index (κ2) is 6.72. The quantitative estimate of drug-likeness (QED) is 0.916. The first-order valence-corrected chi connectivity index (χ1v) is 8.16. The van der Waals surface area contributed by atoms with E-state index < -0.39 is 0 Å². The van der Waals surface area contributed by atoms with Crippen LogP contribution in [0.25, 0.3) is 0 Å². The molecule has 1 aromatic rings. The maximum Gasteiger partial charge on any atom is 0.254 e. The average Bonchev–Trinajstić information content (AvgIpc) is 2.44. The van der Waals surface area contributed by atoms with Gasteiger partial charge in [0, 0.05) is 35.2 Å². The van der Waals surface area contributed by atoms with Crippen LogP contribution in [0.3, 0.4) is 0 Å². The van der Waals surface area contributed by atoms with Crippen molar-refractivity contribution in [2.24, 2.45) is 0 Å². The van der Waals surface area contributed by atoms with Gasteiger partial charge in [0.25, 0.3) is 5.91 Å². The van der Waals surface area contributed by atoms with Gasteiger partial charge in [-0.15, -0.1) is 0 Å². The Kier molecular flexibility index (Phi) is 5.22. The molecule has 2 rings (SSSR count). The zero-order chi connectivity index (χ0) is 14.7. The summed E-state index contributed by atoms with van der Waals surface area (Å²) in [6.45, 7) is 8.03. The van der Waals surface area contributed by atoms with E-state index in [4.69, 9.17) is 0 Å². The Bertz CT molecular complexity index is 469. The minimum atomic E-state index is 0.154. The lowest BCUT2D eigenvalue weighted by Gasteiger charge is -2.40. The Balaban J connectivity index is 2.24. The fourth-order valence-electron chi connectivity index (χ4n) is 2.78. The summed E-state index contributed by atoms with van der Waals surface area (Å²) in [5.41, 5.74) is 1.89. The fourth-order valence-corrected chi connectivity index (χ4v) is 3.38. The lowest BCUT2D eigenvalue weighted by Crippen LogP contribution is -2.57. The molecule has 0 aromatic heterocycles. The first-order valence-electron chi connectivity index (χ1n) is 7.36. The predicted molar refractivity (Wildman–Crippen MR) is 86.1 cm³/mol. The Morgan fingerprint density at radius 2 is 2.10 bits per heavy atom. The molecular weight excluding hydrogens is 316 g/mol. The van der Waals surface area contributed by atoms with Gasteiger partial charge in [-0.3, -0.25) is 4.79 Å². The largest absolute Gasteiger partial charge is 0.333 e. The second-order valence-electron chi connectivity index (χ2n) is 5.55. The van der Waals surface area contributed by atoms with Crippen molar-refractivity contribution in [3.05, 3.63) is 33.8 Å². The van der Waals surface area contributed by atoms with E-state index in [1.54, 1.807) is 0 Å². The molecule has 0 bridgehead atoms. The zero-order valence-corrected chi connectivity index (χ0v) is 14.0. The highest BCUT2D eigenvalue weighted by molar-refractivity contribution is 9.10. The number of carbonyl (C=O) groups is 1. The van der Waals surface area contributed by atoms with Crippen LogP contribution in [0.5, 0.6) is 0 Å². The molecule has 0 spiro atoms. The average molecular weight is 339 g/mol. The van der Waals surface area contributed by atoms with Crippen LogP contribution >= 0.6 is 15.9 Å². The molecule has 1 aliphatic rings. The molecule has 20 heavy (non-hydrogen) atoms. The number of hydrogen-bond donors (Lipinski definition) is 1. The highest BCUT2D eigenvalue weighted by atomic mass is 79.9. The van der Waals surface area contributed by atoms with Crippen molar-refractivity contribution in [3.8, 4) is 0 Å². The highest BCUT2D eigenvalue weighted by Crippen LogP contribution is 2.20. The van der Waals surface area contributed by atoms with Gasteiger partial charge >= 0.3 is 0 Å². The van der Waals surface area contributed by atoms with Crippen molar-refractivity contribution < 1.29 is 4.79 Å². The molecule has 2 atom stereocenters. The molecule has 110 valence electrons. The molecule has 1 heterocycles. The van der Waals surface area contributed by atoms with Crippen molar-refractivity contribution in [3.63, 3.8) is 0 Å². The van der Waals surface area contributed by atoms with E-state index in [1.165, 1.54) is 0 Å². The van der Waals surface area contributed by atoms with E-state index in [9.17, 15) is 4.79 Å². The van der Waals surface area contributed by atoms with Gasteiger partial charge in [0.15, 0.2) is 0 Å². The van der Waals surface area contributed by atoms with Gasteiger partial charge in [-0.25, -0.2) is 0 Å². The van der Waals surface area contributed by atoms with Crippen LogP contribution in [-0.4, -0.2) is 36.0 Å². The molecule has 0 radical (unpaired) electrons. The van der Waals surface area contributed by atoms with E-state index >= 15 is 0 Å². The van der Waals surface area contributed by atoms with E-state index in [0.29, 0.717) is 12.1 Å². The molecule has 0 saturated carbocycles. The number of rotatable bonds is 3. The van der Waals surface area contributed by atoms with Gasteiger partial charge in [0.05, 0.1) is 0 Å². The normalized spacial score (nSPS) is 22.9. The van der Waals surface area contributed by atoms with Gasteiger partial charge in [-0.2, -0.15) is 0 Å². The van der Waals surface area contributed by atoms with Crippen molar-refractivity contribution in [2.75, 3.05) is 13.1 Å². The lowest BCUT2D eigenvalue weighted by molar-refractivity contribution is 0.0576. The number of aryl methyl sites for hydroxylation is 1. The number of nitrogens with one attached hydrogen (secondary N) is 1. The van der Waals surface area contributed by atoms with Gasteiger partial charge in [0.2, 0.25) is 0 Å². The first kappa shape index (κ1) is 15.5. The van der Waals surface area contributed by atoms with E-state index in [2.05, 4.69) is 35.1 Å². The van der Waals surface area contributed by atoms with Crippen LogP contribution in [0.15, 0.2) is 22.7 Å². The standard InChI is InChI=1S/C16H23BrN2O/c1-4-14-10-19(15(5-2)9-18-14)16(20)12-6-11(3)7-13(17)8-12/h6-8,14-15,18H,4-5,9-10H2,1-3H3. The maximum absolute atomic E-state index is 12.8. The van der Waals surface area contributed by atoms with Crippen LogP contribution < -0.4 is 5.32 Å². The SMILES string of the molecule is CCC1CN(C(=O)c2cc(C)cc(Br)c2)C(CC)CN1. The molecule has 1 amide bonds. The molecule has 0 aliphatic carbocycles. The summed E-state index contributed by atoms with van der Waals surface area (Å²) in [6, 6.07) is 6.63. The second-order valence-corrected chi connectivity index (χ2v) is 6.47. The predicted octanol–water partition coefficient (Wildman–Crippen LogP) is 3.36. The maximum atomic E-state index is 12.8. The fraction of sp³-hybridized carbons (Fsp3) is 0.562. The molecule has 1 aliphatic heterocycles. The Morgan fingerprint density at radius 1 is 1.35 bits per heavy atom. The number of benzene rings is 1. The Morgan fingerprint density at radius 3 is 2.70 bits per heavy atom. The van der Waals surface area contributed by atoms with Crippen molar-refractivity contribution in [1.29, 1.82) is 0 Å². The summed E-state index contributed by atoms with van der Waals surface area (Å²) in [4.78, 5) is 14.9. The monoisotopic (exact) mass is 338 g/mol. The number of nitrogens with zero attached hydrogens (tertiary/aromatic N) is 1. The van der Waals surface area contributed by atoms with E-state index in [-0.39, 0.29) is 5.91 Å². The van der Waals surface area contributed by atoms with Crippen molar-refractivity contribution >= 4 is 21.8 Å². The highest BCUT2D eigenvalue weighted by Gasteiger charge is 2.30. The minimum absolute atomic E-state index is 0.154. The smallest absolute Gasteiger partial charge is 0.254 e. The topological polar surface area (TPSA) is 32.3 Å². The third-order valence-corrected chi connectivity index (χ3v) is 4.47. The molecule has 2 unspecified atom stereocenters. The summed E-state index contributed by atoms with van der Waals surface area (Å²) in [5, 5.41) is 3.53. The Hall–Kier alpha value is -0.870. The molecular formula is C16H23BrN2O.